The van der Waals surface area contributed by atoms with Crippen molar-refractivity contribution in [3.05, 3.63) is 0 Å². The van der Waals surface area contributed by atoms with E-state index in [9.17, 15) is 18.0 Å². The van der Waals surface area contributed by atoms with Gasteiger partial charge in [-0.1, -0.05) is 13.8 Å². The van der Waals surface area contributed by atoms with E-state index >= 15 is 0 Å². The fourth-order valence-electron chi connectivity index (χ4n) is 1.43. The molecule has 1 aliphatic heterocycles. The van der Waals surface area contributed by atoms with E-state index in [1.165, 1.54) is 4.90 Å². The van der Waals surface area contributed by atoms with Crippen molar-refractivity contribution in [1.29, 1.82) is 0 Å². The Morgan fingerprint density at radius 2 is 1.60 bits per heavy atom. The van der Waals surface area contributed by atoms with Gasteiger partial charge in [0, 0.05) is 13.1 Å². The van der Waals surface area contributed by atoms with Gasteiger partial charge in [-0.2, -0.15) is 13.2 Å². The van der Waals surface area contributed by atoms with Crippen LogP contribution in [0.5, 0.6) is 0 Å². The first kappa shape index (κ1) is 14.3. The number of amides is 1. The third-order valence-corrected chi connectivity index (χ3v) is 2.06. The Bertz CT molecular complexity index is 186. The minimum absolute atomic E-state index is 0.481. The van der Waals surface area contributed by atoms with Crippen LogP contribution in [0.2, 0.25) is 0 Å². The molecule has 1 amide bonds. The first-order chi connectivity index (χ1) is 6.99. The average Bonchev–Trinajstić information content (AvgIpc) is 2.20. The summed E-state index contributed by atoms with van der Waals surface area (Å²) in [6.07, 6.45) is -3.02. The highest BCUT2D eigenvalue weighted by Gasteiger charge is 2.33. The molecule has 1 heterocycles. The zero-order valence-electron chi connectivity index (χ0n) is 9.23. The molecule has 2 nitrogen and oxygen atoms in total. The molecule has 90 valence electrons. The van der Waals surface area contributed by atoms with Crippen LogP contribution >= 0.6 is 0 Å². The summed E-state index contributed by atoms with van der Waals surface area (Å²) in [5.74, 6) is -0.785. The van der Waals surface area contributed by atoms with Crippen molar-refractivity contribution < 1.29 is 18.0 Å². The normalized spacial score (nSPS) is 16.7. The number of piperidine rings is 1. The van der Waals surface area contributed by atoms with Crippen LogP contribution in [0.1, 0.15) is 39.5 Å². The van der Waals surface area contributed by atoms with Crippen LogP contribution in [0.25, 0.3) is 0 Å². The molecule has 0 aromatic carbocycles. The zero-order valence-corrected chi connectivity index (χ0v) is 9.23. The van der Waals surface area contributed by atoms with Crippen LogP contribution in [0, 0.1) is 0 Å². The van der Waals surface area contributed by atoms with E-state index in [2.05, 4.69) is 0 Å². The Hall–Kier alpha value is -0.740. The van der Waals surface area contributed by atoms with Gasteiger partial charge < -0.3 is 4.90 Å². The number of carbonyl (C=O) groups excluding carboxylic acids is 1. The van der Waals surface area contributed by atoms with Gasteiger partial charge in [0.05, 0.1) is 0 Å². The average molecular weight is 225 g/mol. The quantitative estimate of drug-likeness (QED) is 0.671. The summed E-state index contributed by atoms with van der Waals surface area (Å²) < 4.78 is 35.4. The van der Waals surface area contributed by atoms with E-state index in [1.54, 1.807) is 0 Å². The summed E-state index contributed by atoms with van der Waals surface area (Å²) in [5, 5.41) is 0. The number of hydrogen-bond acceptors (Lipinski definition) is 1. The van der Waals surface area contributed by atoms with E-state index < -0.39 is 18.5 Å². The summed E-state index contributed by atoms with van der Waals surface area (Å²) in [6.45, 7) is 4.96. The zero-order chi connectivity index (χ0) is 11.9. The summed E-state index contributed by atoms with van der Waals surface area (Å²) in [4.78, 5) is 12.3. The van der Waals surface area contributed by atoms with Crippen molar-refractivity contribution in [3.8, 4) is 0 Å². The predicted molar refractivity (Wildman–Crippen MR) is 52.5 cm³/mol. The van der Waals surface area contributed by atoms with Crippen LogP contribution in [-0.4, -0.2) is 30.1 Å². The molecule has 0 bridgehead atoms. The fraction of sp³-hybridized carbons (Fsp3) is 0.900. The molecule has 0 spiro atoms. The molecule has 0 N–H and O–H groups in total. The second-order valence-corrected chi connectivity index (χ2v) is 3.23. The maximum Gasteiger partial charge on any atom is 0.397 e. The lowest BCUT2D eigenvalue weighted by atomic mass is 10.1. The van der Waals surface area contributed by atoms with Gasteiger partial charge >= 0.3 is 6.18 Å². The number of carbonyl (C=O) groups is 1. The highest BCUT2D eigenvalue weighted by molar-refractivity contribution is 5.76. The number of nitrogens with zero attached hydrogens (tertiary/aromatic N) is 1. The van der Waals surface area contributed by atoms with Gasteiger partial charge in [0.2, 0.25) is 5.91 Å². The SMILES string of the molecule is CC.O=C(CC(F)(F)F)N1CCCCC1. The molecule has 1 fully saturated rings. The molecule has 0 atom stereocenters. The number of likely N-dealkylation sites (tertiary alicyclic amines) is 1. The smallest absolute Gasteiger partial charge is 0.342 e. The lowest BCUT2D eigenvalue weighted by molar-refractivity contribution is -0.162. The highest BCUT2D eigenvalue weighted by atomic mass is 19.4. The first-order valence-corrected chi connectivity index (χ1v) is 5.33. The maximum atomic E-state index is 11.8. The molecule has 1 rings (SSSR count). The summed E-state index contributed by atoms with van der Waals surface area (Å²) in [7, 11) is 0. The number of halogens is 3. The minimum Gasteiger partial charge on any atom is -0.342 e. The third-order valence-electron chi connectivity index (χ3n) is 2.06. The topological polar surface area (TPSA) is 20.3 Å². The molecule has 1 saturated heterocycles. The van der Waals surface area contributed by atoms with E-state index in [0.29, 0.717) is 13.1 Å². The van der Waals surface area contributed by atoms with Crippen molar-refractivity contribution in [2.24, 2.45) is 0 Å². The Morgan fingerprint density at radius 3 is 2.00 bits per heavy atom. The summed E-state index contributed by atoms with van der Waals surface area (Å²) in [6, 6.07) is 0. The fourth-order valence-corrected chi connectivity index (χ4v) is 1.43. The second-order valence-electron chi connectivity index (χ2n) is 3.23. The summed E-state index contributed by atoms with van der Waals surface area (Å²) >= 11 is 0. The van der Waals surface area contributed by atoms with Gasteiger partial charge in [-0.05, 0) is 19.3 Å². The number of rotatable bonds is 1. The van der Waals surface area contributed by atoms with Crippen molar-refractivity contribution in [2.75, 3.05) is 13.1 Å². The van der Waals surface area contributed by atoms with E-state index in [-0.39, 0.29) is 0 Å². The molecule has 5 heteroatoms. The van der Waals surface area contributed by atoms with Gasteiger partial charge in [-0.25, -0.2) is 0 Å². The van der Waals surface area contributed by atoms with E-state index in [0.717, 1.165) is 19.3 Å². The lowest BCUT2D eigenvalue weighted by Crippen LogP contribution is -2.37. The van der Waals surface area contributed by atoms with Gasteiger partial charge in [0.1, 0.15) is 6.42 Å². The minimum atomic E-state index is -4.37. The number of hydrogen-bond donors (Lipinski definition) is 0. The molecular weight excluding hydrogens is 207 g/mol. The van der Waals surface area contributed by atoms with Crippen LogP contribution in [0.15, 0.2) is 0 Å². The standard InChI is InChI=1S/C8H12F3NO.C2H6/c9-8(10,11)6-7(13)12-4-2-1-3-5-12;1-2/h1-6H2;1-2H3. The van der Waals surface area contributed by atoms with E-state index in [4.69, 9.17) is 0 Å². The van der Waals surface area contributed by atoms with Crippen LogP contribution in [-0.2, 0) is 4.79 Å². The number of alkyl halides is 3. The molecule has 15 heavy (non-hydrogen) atoms. The Kier molecular flexibility index (Phi) is 6.36. The molecule has 0 aromatic heterocycles. The Labute approximate surface area is 88.4 Å². The van der Waals surface area contributed by atoms with Gasteiger partial charge in [0.15, 0.2) is 0 Å². The largest absolute Gasteiger partial charge is 0.397 e. The van der Waals surface area contributed by atoms with Gasteiger partial charge in [-0.3, -0.25) is 4.79 Å². The maximum absolute atomic E-state index is 11.8. The third kappa shape index (κ3) is 6.36. The monoisotopic (exact) mass is 225 g/mol. The molecule has 0 aromatic rings. The molecular formula is C10H18F3NO. The lowest BCUT2D eigenvalue weighted by Gasteiger charge is -2.27. The molecule has 0 radical (unpaired) electrons. The Morgan fingerprint density at radius 1 is 1.13 bits per heavy atom. The van der Waals surface area contributed by atoms with Crippen molar-refractivity contribution in [3.63, 3.8) is 0 Å². The molecule has 0 aliphatic carbocycles. The first-order valence-electron chi connectivity index (χ1n) is 5.33. The molecule has 0 saturated carbocycles. The predicted octanol–water partition coefficient (Wildman–Crippen LogP) is 2.98. The van der Waals surface area contributed by atoms with Crippen LogP contribution in [0.4, 0.5) is 13.2 Å². The highest BCUT2D eigenvalue weighted by Crippen LogP contribution is 2.21. The van der Waals surface area contributed by atoms with Crippen molar-refractivity contribution in [1.82, 2.24) is 4.90 Å². The molecule has 0 unspecified atom stereocenters. The second kappa shape index (κ2) is 6.69. The van der Waals surface area contributed by atoms with Crippen LogP contribution in [0.3, 0.4) is 0 Å². The van der Waals surface area contributed by atoms with Crippen molar-refractivity contribution >= 4 is 5.91 Å². The van der Waals surface area contributed by atoms with Crippen molar-refractivity contribution in [2.45, 2.75) is 45.7 Å². The molecule has 1 aliphatic rings. The van der Waals surface area contributed by atoms with Gasteiger partial charge in [-0.15, -0.1) is 0 Å². The van der Waals surface area contributed by atoms with Crippen LogP contribution < -0.4 is 0 Å². The van der Waals surface area contributed by atoms with Gasteiger partial charge in [0.25, 0.3) is 0 Å². The Balaban J connectivity index is 0.000000921. The summed E-state index contributed by atoms with van der Waals surface area (Å²) in [5.41, 5.74) is 0. The van der Waals surface area contributed by atoms with E-state index in [1.807, 2.05) is 13.8 Å².